The first-order chi connectivity index (χ1) is 9.38. The summed E-state index contributed by atoms with van der Waals surface area (Å²) in [5.41, 5.74) is 10.7. The molecule has 0 nitrogen and oxygen atoms in total. The van der Waals surface area contributed by atoms with E-state index in [4.69, 9.17) is 0 Å². The van der Waals surface area contributed by atoms with Gasteiger partial charge in [0.05, 0.1) is 0 Å². The molecule has 104 valence electrons. The molecule has 0 aliphatic heterocycles. The van der Waals surface area contributed by atoms with Gasteiger partial charge in [-0.05, 0) is 86.1 Å². The molecule has 0 spiro atoms. The van der Waals surface area contributed by atoms with Crippen molar-refractivity contribution in [2.24, 2.45) is 0 Å². The predicted molar refractivity (Wildman–Crippen MR) is 90.2 cm³/mol. The molecular weight excluding hydrogens is 240 g/mol. The third-order valence-electron chi connectivity index (χ3n) is 4.21. The van der Waals surface area contributed by atoms with Crippen LogP contribution in [0.3, 0.4) is 0 Å². The van der Waals surface area contributed by atoms with Crippen molar-refractivity contribution in [3.05, 3.63) is 68.8 Å². The van der Waals surface area contributed by atoms with Crippen LogP contribution in [0.25, 0.3) is 12.2 Å². The Bertz CT molecular complexity index is 613. The van der Waals surface area contributed by atoms with Gasteiger partial charge in [0, 0.05) is 0 Å². The van der Waals surface area contributed by atoms with Gasteiger partial charge in [0.15, 0.2) is 0 Å². The maximum absolute atomic E-state index is 2.28. The summed E-state index contributed by atoms with van der Waals surface area (Å²) in [5.74, 6) is 0. The number of aryl methyl sites for hydroxylation is 6. The monoisotopic (exact) mass is 264 g/mol. The molecule has 0 saturated carbocycles. The summed E-state index contributed by atoms with van der Waals surface area (Å²) in [6.07, 6.45) is 4.47. The van der Waals surface area contributed by atoms with Gasteiger partial charge in [0.25, 0.3) is 0 Å². The lowest BCUT2D eigenvalue weighted by Crippen LogP contribution is -1.89. The summed E-state index contributed by atoms with van der Waals surface area (Å²) in [4.78, 5) is 0. The predicted octanol–water partition coefficient (Wildman–Crippen LogP) is 5.71. The highest BCUT2D eigenvalue weighted by atomic mass is 14.1. The Kier molecular flexibility index (Phi) is 4.13. The fourth-order valence-corrected chi connectivity index (χ4v) is 2.50. The van der Waals surface area contributed by atoms with Crippen molar-refractivity contribution in [2.45, 2.75) is 41.5 Å². The lowest BCUT2D eigenvalue weighted by molar-refractivity contribution is 1.28. The van der Waals surface area contributed by atoms with E-state index in [1.165, 1.54) is 44.5 Å². The molecule has 0 N–H and O–H groups in total. The average molecular weight is 264 g/mol. The van der Waals surface area contributed by atoms with Gasteiger partial charge in [-0.15, -0.1) is 0 Å². The van der Waals surface area contributed by atoms with Gasteiger partial charge in [-0.25, -0.2) is 0 Å². The van der Waals surface area contributed by atoms with Gasteiger partial charge in [-0.2, -0.15) is 0 Å². The van der Waals surface area contributed by atoms with Crippen molar-refractivity contribution < 1.29 is 0 Å². The topological polar surface area (TPSA) is 0 Å². The maximum Gasteiger partial charge on any atom is -0.0224 e. The van der Waals surface area contributed by atoms with E-state index in [1.807, 2.05) is 0 Å². The Balaban J connectivity index is 2.39. The Morgan fingerprint density at radius 1 is 0.450 bits per heavy atom. The van der Waals surface area contributed by atoms with Crippen LogP contribution in [0, 0.1) is 41.5 Å². The van der Waals surface area contributed by atoms with Gasteiger partial charge in [0.1, 0.15) is 0 Å². The van der Waals surface area contributed by atoms with Crippen LogP contribution in [-0.2, 0) is 0 Å². The fraction of sp³-hybridized carbons (Fsp3) is 0.300. The lowest BCUT2D eigenvalue weighted by atomic mass is 9.97. The molecule has 0 bridgehead atoms. The van der Waals surface area contributed by atoms with Crippen LogP contribution in [0.5, 0.6) is 0 Å². The van der Waals surface area contributed by atoms with E-state index < -0.39 is 0 Å². The minimum Gasteiger partial charge on any atom is -0.0555 e. The third kappa shape index (κ3) is 3.01. The second-order valence-electron chi connectivity index (χ2n) is 5.92. The van der Waals surface area contributed by atoms with Crippen LogP contribution in [-0.4, -0.2) is 0 Å². The Morgan fingerprint density at radius 2 is 0.750 bits per heavy atom. The quantitative estimate of drug-likeness (QED) is 0.610. The summed E-state index contributed by atoms with van der Waals surface area (Å²) in [5, 5.41) is 0. The zero-order chi connectivity index (χ0) is 14.9. The smallest absolute Gasteiger partial charge is 0.0224 e. The molecule has 2 aromatic carbocycles. The van der Waals surface area contributed by atoms with Crippen molar-refractivity contribution in [1.29, 1.82) is 0 Å². The molecule has 0 aliphatic rings. The van der Waals surface area contributed by atoms with E-state index in [2.05, 4.69) is 78.0 Å². The minimum atomic E-state index is 1.31. The van der Waals surface area contributed by atoms with E-state index in [9.17, 15) is 0 Å². The fourth-order valence-electron chi connectivity index (χ4n) is 2.50. The van der Waals surface area contributed by atoms with E-state index in [0.29, 0.717) is 0 Å². The van der Waals surface area contributed by atoms with Gasteiger partial charge in [-0.3, -0.25) is 0 Å². The molecule has 0 fully saturated rings. The number of rotatable bonds is 2. The molecule has 0 heterocycles. The van der Waals surface area contributed by atoms with Crippen LogP contribution in [0.15, 0.2) is 24.3 Å². The normalized spacial score (nSPS) is 11.3. The number of benzene rings is 2. The highest BCUT2D eigenvalue weighted by molar-refractivity contribution is 5.73. The van der Waals surface area contributed by atoms with Gasteiger partial charge in [0.2, 0.25) is 0 Å². The SMILES string of the molecule is Cc1cc(C)c(C=Cc2cc(C)c(C)cc2C)cc1C. The highest BCUT2D eigenvalue weighted by Crippen LogP contribution is 2.21. The summed E-state index contributed by atoms with van der Waals surface area (Å²) in [6, 6.07) is 9.08. The first-order valence-corrected chi connectivity index (χ1v) is 7.22. The summed E-state index contributed by atoms with van der Waals surface area (Å²) in [6.45, 7) is 13.0. The largest absolute Gasteiger partial charge is 0.0555 e. The van der Waals surface area contributed by atoms with Crippen molar-refractivity contribution in [2.75, 3.05) is 0 Å². The molecule has 2 aromatic rings. The van der Waals surface area contributed by atoms with Crippen molar-refractivity contribution in [1.82, 2.24) is 0 Å². The highest BCUT2D eigenvalue weighted by Gasteiger charge is 2.01. The van der Waals surface area contributed by atoms with E-state index >= 15 is 0 Å². The number of hydrogen-bond donors (Lipinski definition) is 0. The van der Waals surface area contributed by atoms with E-state index in [0.717, 1.165) is 0 Å². The summed E-state index contributed by atoms with van der Waals surface area (Å²) < 4.78 is 0. The minimum absolute atomic E-state index is 1.31. The Morgan fingerprint density at radius 3 is 1.10 bits per heavy atom. The Labute approximate surface area is 123 Å². The molecule has 20 heavy (non-hydrogen) atoms. The molecule has 0 amide bonds. The first kappa shape index (κ1) is 14.6. The molecule has 0 heteroatoms. The lowest BCUT2D eigenvalue weighted by Gasteiger charge is -2.08. The first-order valence-electron chi connectivity index (χ1n) is 7.22. The second-order valence-corrected chi connectivity index (χ2v) is 5.92. The van der Waals surface area contributed by atoms with Crippen LogP contribution in [0.4, 0.5) is 0 Å². The molecule has 0 aliphatic carbocycles. The molecule has 0 aromatic heterocycles. The average Bonchev–Trinajstić information content (AvgIpc) is 2.37. The summed E-state index contributed by atoms with van der Waals surface area (Å²) in [7, 11) is 0. The van der Waals surface area contributed by atoms with Crippen molar-refractivity contribution in [3.63, 3.8) is 0 Å². The third-order valence-corrected chi connectivity index (χ3v) is 4.21. The molecule has 0 atom stereocenters. The van der Waals surface area contributed by atoms with Crippen LogP contribution in [0.1, 0.15) is 44.5 Å². The molecule has 0 saturated heterocycles. The van der Waals surface area contributed by atoms with Gasteiger partial charge in [-0.1, -0.05) is 36.4 Å². The van der Waals surface area contributed by atoms with Crippen LogP contribution < -0.4 is 0 Å². The zero-order valence-corrected chi connectivity index (χ0v) is 13.5. The summed E-state index contributed by atoms with van der Waals surface area (Å²) >= 11 is 0. The van der Waals surface area contributed by atoms with Crippen LogP contribution >= 0.6 is 0 Å². The van der Waals surface area contributed by atoms with Crippen molar-refractivity contribution in [3.8, 4) is 0 Å². The second kappa shape index (κ2) is 5.66. The molecule has 0 unspecified atom stereocenters. The molecule has 0 radical (unpaired) electrons. The van der Waals surface area contributed by atoms with E-state index in [1.54, 1.807) is 0 Å². The molecular formula is C20H24. The Hall–Kier alpha value is -1.82. The van der Waals surface area contributed by atoms with Gasteiger partial charge >= 0.3 is 0 Å². The zero-order valence-electron chi connectivity index (χ0n) is 13.5. The van der Waals surface area contributed by atoms with Crippen LogP contribution in [0.2, 0.25) is 0 Å². The van der Waals surface area contributed by atoms with E-state index in [-0.39, 0.29) is 0 Å². The maximum atomic E-state index is 2.28. The number of hydrogen-bond acceptors (Lipinski definition) is 0. The van der Waals surface area contributed by atoms with Crippen molar-refractivity contribution >= 4 is 12.2 Å². The standard InChI is InChI=1S/C20H24/c1-13-9-17(5)19(11-15(13)3)7-8-20-12-16(4)14(2)10-18(20)6/h7-12H,1-6H3. The van der Waals surface area contributed by atoms with Gasteiger partial charge < -0.3 is 0 Å². The molecule has 2 rings (SSSR count).